The van der Waals surface area contributed by atoms with Gasteiger partial charge in [-0.2, -0.15) is 17.0 Å². The standard InChI is InChI=1S/C13H27N3O3S/c1-5-6-15(10-13(17)14-4)20(18,19)16-8-11(2)7-12(3)9-16/h11-12H,5-10H2,1-4H3,(H,14,17). The van der Waals surface area contributed by atoms with Crippen LogP contribution in [0.2, 0.25) is 0 Å². The van der Waals surface area contributed by atoms with E-state index in [9.17, 15) is 13.2 Å². The number of hydrogen-bond acceptors (Lipinski definition) is 3. The van der Waals surface area contributed by atoms with Gasteiger partial charge in [0.25, 0.3) is 10.2 Å². The molecule has 0 aromatic carbocycles. The first-order valence-corrected chi connectivity index (χ1v) is 8.66. The molecule has 0 aliphatic carbocycles. The second-order valence-electron chi connectivity index (χ2n) is 5.78. The lowest BCUT2D eigenvalue weighted by atomic mass is 9.94. The number of likely N-dealkylation sites (N-methyl/N-ethyl adjacent to an activating group) is 1. The summed E-state index contributed by atoms with van der Waals surface area (Å²) in [7, 11) is -2.03. The molecule has 1 amide bonds. The van der Waals surface area contributed by atoms with Crippen molar-refractivity contribution in [1.29, 1.82) is 0 Å². The van der Waals surface area contributed by atoms with E-state index in [-0.39, 0.29) is 12.5 Å². The van der Waals surface area contributed by atoms with Crippen LogP contribution in [0.25, 0.3) is 0 Å². The molecule has 1 heterocycles. The van der Waals surface area contributed by atoms with E-state index in [0.29, 0.717) is 37.9 Å². The van der Waals surface area contributed by atoms with E-state index in [1.54, 1.807) is 0 Å². The summed E-state index contributed by atoms with van der Waals surface area (Å²) in [5.74, 6) is 0.439. The van der Waals surface area contributed by atoms with Gasteiger partial charge in [0.2, 0.25) is 5.91 Å². The molecule has 0 radical (unpaired) electrons. The molecule has 0 spiro atoms. The molecule has 0 aromatic rings. The van der Waals surface area contributed by atoms with Gasteiger partial charge in [0.15, 0.2) is 0 Å². The number of nitrogens with zero attached hydrogens (tertiary/aromatic N) is 2. The molecule has 1 saturated heterocycles. The van der Waals surface area contributed by atoms with Crippen LogP contribution in [0.1, 0.15) is 33.6 Å². The van der Waals surface area contributed by atoms with Crippen LogP contribution >= 0.6 is 0 Å². The number of rotatable bonds is 6. The summed E-state index contributed by atoms with van der Waals surface area (Å²) in [6, 6.07) is 0. The van der Waals surface area contributed by atoms with Crippen molar-refractivity contribution in [3.8, 4) is 0 Å². The summed E-state index contributed by atoms with van der Waals surface area (Å²) in [5, 5.41) is 2.48. The molecule has 0 bridgehead atoms. The lowest BCUT2D eigenvalue weighted by Gasteiger charge is -2.37. The smallest absolute Gasteiger partial charge is 0.282 e. The van der Waals surface area contributed by atoms with Crippen LogP contribution in [0, 0.1) is 11.8 Å². The van der Waals surface area contributed by atoms with Crippen molar-refractivity contribution >= 4 is 16.1 Å². The van der Waals surface area contributed by atoms with Crippen molar-refractivity contribution in [2.24, 2.45) is 11.8 Å². The normalized spacial score (nSPS) is 24.9. The minimum absolute atomic E-state index is 0.105. The molecule has 1 aliphatic rings. The zero-order chi connectivity index (χ0) is 15.3. The molecule has 1 rings (SSSR count). The Bertz CT molecular complexity index is 415. The van der Waals surface area contributed by atoms with Crippen molar-refractivity contribution in [1.82, 2.24) is 13.9 Å². The van der Waals surface area contributed by atoms with Crippen LogP contribution in [-0.2, 0) is 15.0 Å². The van der Waals surface area contributed by atoms with E-state index in [0.717, 1.165) is 6.42 Å². The fourth-order valence-electron chi connectivity index (χ4n) is 2.72. The summed E-state index contributed by atoms with van der Waals surface area (Å²) in [4.78, 5) is 11.5. The first-order chi connectivity index (χ1) is 9.31. The molecule has 2 atom stereocenters. The van der Waals surface area contributed by atoms with Crippen LogP contribution in [-0.4, -0.2) is 56.2 Å². The van der Waals surface area contributed by atoms with E-state index in [4.69, 9.17) is 0 Å². The van der Waals surface area contributed by atoms with E-state index in [1.165, 1.54) is 15.7 Å². The summed E-state index contributed by atoms with van der Waals surface area (Å²) < 4.78 is 28.2. The molecule has 0 aromatic heterocycles. The highest BCUT2D eigenvalue weighted by Crippen LogP contribution is 2.24. The van der Waals surface area contributed by atoms with Gasteiger partial charge in [0.05, 0.1) is 6.54 Å². The van der Waals surface area contributed by atoms with Crippen molar-refractivity contribution < 1.29 is 13.2 Å². The first-order valence-electron chi connectivity index (χ1n) is 7.27. The third-order valence-electron chi connectivity index (χ3n) is 3.56. The van der Waals surface area contributed by atoms with Crippen LogP contribution in [0.15, 0.2) is 0 Å². The van der Waals surface area contributed by atoms with Gasteiger partial charge in [0, 0.05) is 26.7 Å². The zero-order valence-corrected chi connectivity index (χ0v) is 13.7. The Hall–Kier alpha value is -0.660. The predicted molar refractivity (Wildman–Crippen MR) is 79.4 cm³/mol. The Morgan fingerprint density at radius 2 is 1.85 bits per heavy atom. The van der Waals surface area contributed by atoms with Gasteiger partial charge in [-0.3, -0.25) is 4.79 Å². The van der Waals surface area contributed by atoms with E-state index in [2.05, 4.69) is 19.2 Å². The molecule has 2 unspecified atom stereocenters. The second-order valence-corrected chi connectivity index (χ2v) is 7.71. The lowest BCUT2D eigenvalue weighted by molar-refractivity contribution is -0.120. The Kier molecular flexibility index (Phi) is 6.42. The fourth-order valence-corrected chi connectivity index (χ4v) is 4.63. The van der Waals surface area contributed by atoms with Gasteiger partial charge in [0.1, 0.15) is 0 Å². The van der Waals surface area contributed by atoms with Gasteiger partial charge >= 0.3 is 0 Å². The molecule has 6 nitrogen and oxygen atoms in total. The summed E-state index contributed by atoms with van der Waals surface area (Å²) >= 11 is 0. The lowest BCUT2D eigenvalue weighted by Crippen LogP contribution is -2.51. The largest absolute Gasteiger partial charge is 0.358 e. The average molecular weight is 305 g/mol. The van der Waals surface area contributed by atoms with E-state index in [1.807, 2.05) is 6.92 Å². The van der Waals surface area contributed by atoms with Crippen molar-refractivity contribution in [3.63, 3.8) is 0 Å². The molecular weight excluding hydrogens is 278 g/mol. The highest BCUT2D eigenvalue weighted by molar-refractivity contribution is 7.86. The maximum atomic E-state index is 12.7. The molecule has 118 valence electrons. The minimum atomic E-state index is -3.55. The second kappa shape index (κ2) is 7.38. The van der Waals surface area contributed by atoms with Gasteiger partial charge in [-0.25, -0.2) is 0 Å². The molecule has 1 aliphatic heterocycles. The molecule has 20 heavy (non-hydrogen) atoms. The van der Waals surface area contributed by atoms with E-state index >= 15 is 0 Å². The third-order valence-corrected chi connectivity index (χ3v) is 5.47. The quantitative estimate of drug-likeness (QED) is 0.784. The Morgan fingerprint density at radius 1 is 1.30 bits per heavy atom. The predicted octanol–water partition coefficient (Wildman–Crippen LogP) is 0.667. The van der Waals surface area contributed by atoms with Gasteiger partial charge < -0.3 is 5.32 Å². The van der Waals surface area contributed by atoms with Crippen molar-refractivity contribution in [2.75, 3.05) is 33.2 Å². The Balaban J connectivity index is 2.88. The van der Waals surface area contributed by atoms with Gasteiger partial charge in [-0.1, -0.05) is 20.8 Å². The number of piperidine rings is 1. The van der Waals surface area contributed by atoms with Crippen LogP contribution in [0.3, 0.4) is 0 Å². The molecule has 1 N–H and O–H groups in total. The molecule has 7 heteroatoms. The number of amides is 1. The Morgan fingerprint density at radius 3 is 2.30 bits per heavy atom. The topological polar surface area (TPSA) is 69.7 Å². The Labute approximate surface area is 122 Å². The number of carbonyl (C=O) groups excluding carboxylic acids is 1. The molecular formula is C13H27N3O3S. The number of nitrogens with one attached hydrogen (secondary N) is 1. The average Bonchev–Trinajstić information content (AvgIpc) is 2.36. The van der Waals surface area contributed by atoms with Gasteiger partial charge in [-0.15, -0.1) is 0 Å². The number of hydrogen-bond donors (Lipinski definition) is 1. The van der Waals surface area contributed by atoms with Crippen molar-refractivity contribution in [3.05, 3.63) is 0 Å². The van der Waals surface area contributed by atoms with Crippen LogP contribution in [0.5, 0.6) is 0 Å². The molecule has 1 fully saturated rings. The monoisotopic (exact) mass is 305 g/mol. The first kappa shape index (κ1) is 17.4. The maximum absolute atomic E-state index is 12.7. The zero-order valence-electron chi connectivity index (χ0n) is 12.9. The highest BCUT2D eigenvalue weighted by atomic mass is 32.2. The highest BCUT2D eigenvalue weighted by Gasteiger charge is 2.35. The molecule has 0 saturated carbocycles. The van der Waals surface area contributed by atoms with Crippen LogP contribution in [0.4, 0.5) is 0 Å². The SMILES string of the molecule is CCCN(CC(=O)NC)S(=O)(=O)N1CC(C)CC(C)C1. The third kappa shape index (κ3) is 4.43. The minimum Gasteiger partial charge on any atom is -0.358 e. The summed E-state index contributed by atoms with van der Waals surface area (Å²) in [6.45, 7) is 7.40. The van der Waals surface area contributed by atoms with Gasteiger partial charge in [-0.05, 0) is 24.7 Å². The summed E-state index contributed by atoms with van der Waals surface area (Å²) in [6.07, 6.45) is 1.74. The maximum Gasteiger partial charge on any atom is 0.282 e. The van der Waals surface area contributed by atoms with Crippen molar-refractivity contribution in [2.45, 2.75) is 33.6 Å². The fraction of sp³-hybridized carbons (Fsp3) is 0.923. The van der Waals surface area contributed by atoms with Crippen LogP contribution < -0.4 is 5.32 Å². The van der Waals surface area contributed by atoms with E-state index < -0.39 is 10.2 Å². The number of carbonyl (C=O) groups is 1. The summed E-state index contributed by atoms with van der Waals surface area (Å²) in [5.41, 5.74) is 0.